The monoisotopic (exact) mass is 465 g/mol. The first kappa shape index (κ1) is 20.3. The fraction of sp³-hybridized carbons (Fsp3) is 0.250. The van der Waals surface area contributed by atoms with Crippen molar-refractivity contribution in [3.05, 3.63) is 30.5 Å². The van der Waals surface area contributed by atoms with Crippen molar-refractivity contribution in [2.45, 2.75) is 0 Å². The summed E-state index contributed by atoms with van der Waals surface area (Å²) in [6.45, 7) is 0. The molecule has 0 aliphatic rings. The van der Waals surface area contributed by atoms with Gasteiger partial charge in [0.05, 0.1) is 11.3 Å². The molecule has 2 aromatic rings. The Balaban J connectivity index is 0.000000351. The quantitative estimate of drug-likeness (QED) is 0.413. The van der Waals surface area contributed by atoms with Crippen LogP contribution in [0.1, 0.15) is 5.69 Å². The minimum absolute atomic E-state index is 0.851. The number of fused-ring (bicyclic) bond motifs is 1. The zero-order valence-corrected chi connectivity index (χ0v) is 15.5. The molecule has 0 amide bonds. The molecule has 0 spiro atoms. The number of aromatic amines is 1. The number of aromatic nitrogens is 3. The molecule has 2 aromatic heterocycles. The van der Waals surface area contributed by atoms with Gasteiger partial charge in [-0.15, -0.1) is 0 Å². The van der Waals surface area contributed by atoms with Crippen molar-refractivity contribution in [2.24, 2.45) is 0 Å². The number of nitrogens with zero attached hydrogens (tertiary/aromatic N) is 3. The van der Waals surface area contributed by atoms with Gasteiger partial charge in [0.25, 0.3) is 0 Å². The molecule has 2 heterocycles. The topological polar surface area (TPSA) is 58.8 Å². The summed E-state index contributed by atoms with van der Waals surface area (Å²) in [5.74, 6) is 0. The number of H-pyrrole nitrogens is 1. The molecule has 12 heteroatoms. The fourth-order valence-electron chi connectivity index (χ4n) is 1.70. The molecule has 0 radical (unpaired) electrons. The number of hydrogen-bond donors (Lipinski definition) is 2. The first-order chi connectivity index (χ1) is 10.7. The van der Waals surface area contributed by atoms with Crippen LogP contribution in [0.5, 0.6) is 0 Å². The van der Waals surface area contributed by atoms with E-state index < -0.39 is 19.5 Å². The number of allylic oxidation sites excluding steroid dienone is 1. The Labute approximate surface area is 136 Å². The second-order valence-electron chi connectivity index (χ2n) is 4.90. The van der Waals surface area contributed by atoms with E-state index in [-0.39, 0.29) is 0 Å². The van der Waals surface area contributed by atoms with Crippen LogP contribution in [-0.2, 0) is 0 Å². The van der Waals surface area contributed by atoms with Gasteiger partial charge in [-0.2, -0.15) is 0 Å². The second kappa shape index (κ2) is 6.27. The van der Waals surface area contributed by atoms with E-state index in [1.54, 1.807) is 6.33 Å². The SMILES string of the molecule is C/[NH+]=C/C(=C\N(C)C)c1ncnc2[nH]ccc12.[F][Sb-]([F])([F])([F])([F])[F]. The molecule has 0 unspecified atom stereocenters. The predicted molar refractivity (Wildman–Crippen MR) is 80.9 cm³/mol. The Hall–Kier alpha value is -1.77. The van der Waals surface area contributed by atoms with Crippen molar-refractivity contribution >= 4 is 42.3 Å². The molecule has 5 nitrogen and oxygen atoms in total. The summed E-state index contributed by atoms with van der Waals surface area (Å²) in [6, 6.07) is 1.98. The van der Waals surface area contributed by atoms with Crippen molar-refractivity contribution in [1.82, 2.24) is 19.9 Å². The summed E-state index contributed by atoms with van der Waals surface area (Å²) in [5.41, 5.74) is 2.79. The summed E-state index contributed by atoms with van der Waals surface area (Å²) in [6.07, 6.45) is 7.39. The molecule has 0 bridgehead atoms. The summed E-state index contributed by atoms with van der Waals surface area (Å²) < 4.78 is 59.6. The minimum atomic E-state index is -11.2. The molecule has 0 saturated heterocycles. The molecule has 0 aliphatic heterocycles. The molecule has 2 N–H and O–H groups in total. The van der Waals surface area contributed by atoms with Crippen molar-refractivity contribution < 1.29 is 21.9 Å². The van der Waals surface area contributed by atoms with Gasteiger partial charge in [-0.25, -0.2) is 9.97 Å². The van der Waals surface area contributed by atoms with Crippen molar-refractivity contribution in [1.29, 1.82) is 0 Å². The predicted octanol–water partition coefficient (Wildman–Crippen LogP) is 1.78. The van der Waals surface area contributed by atoms with Crippen LogP contribution in [0.15, 0.2) is 24.8 Å². The van der Waals surface area contributed by atoms with E-state index in [0.717, 1.165) is 22.3 Å². The van der Waals surface area contributed by atoms with Gasteiger partial charge < -0.3 is 9.88 Å². The van der Waals surface area contributed by atoms with Crippen LogP contribution < -0.4 is 4.99 Å². The first-order valence-corrected chi connectivity index (χ1v) is 12.2. The normalized spacial score (nSPS) is 15.6. The standard InChI is InChI=1S/C12H15N5.6FH.Sb/c1-13-6-9(7-17(2)3)11-10-4-5-14-12(10)16-8-15-11;;;;;;;/h4-8H,1-3H3,(H,14,15,16);6*1H;/q;;;;;;;+5/p-5/b9-7+,13-6+;;;;;;;. The Morgan fingerprint density at radius 3 is 2.25 bits per heavy atom. The van der Waals surface area contributed by atoms with Crippen LogP contribution in [0.3, 0.4) is 0 Å². The van der Waals surface area contributed by atoms with Gasteiger partial charge in [0.1, 0.15) is 19.0 Å². The van der Waals surface area contributed by atoms with Gasteiger partial charge in [-0.3, -0.25) is 4.99 Å². The van der Waals surface area contributed by atoms with Crippen molar-refractivity contribution in [3.63, 3.8) is 0 Å². The second-order valence-corrected chi connectivity index (χ2v) is 10.4. The van der Waals surface area contributed by atoms with Crippen LogP contribution >= 0.6 is 0 Å². The Kier molecular flexibility index (Phi) is 5.29. The molecule has 0 saturated carbocycles. The molecule has 24 heavy (non-hydrogen) atoms. The van der Waals surface area contributed by atoms with Gasteiger partial charge in [-0.1, -0.05) is 0 Å². The Morgan fingerprint density at radius 1 is 1.17 bits per heavy atom. The van der Waals surface area contributed by atoms with E-state index in [2.05, 4.69) is 19.9 Å². The molecular formula is C12H16F6N5Sb. The zero-order valence-electron chi connectivity index (χ0n) is 12.9. The van der Waals surface area contributed by atoms with Gasteiger partial charge in [-0.05, 0) is 6.07 Å². The van der Waals surface area contributed by atoms with Crippen LogP contribution in [0.2, 0.25) is 0 Å². The summed E-state index contributed by atoms with van der Waals surface area (Å²) in [5, 5.41) is 1.02. The van der Waals surface area contributed by atoms with Gasteiger partial charge in [0.15, 0.2) is 6.21 Å². The van der Waals surface area contributed by atoms with Crippen LogP contribution in [-0.4, -0.2) is 66.7 Å². The van der Waals surface area contributed by atoms with E-state index in [1.807, 2.05) is 50.7 Å². The molecule has 0 aliphatic carbocycles. The van der Waals surface area contributed by atoms with Crippen molar-refractivity contribution in [2.75, 3.05) is 21.1 Å². The van der Waals surface area contributed by atoms with Crippen LogP contribution in [0.4, 0.5) is 16.9 Å². The summed E-state index contributed by atoms with van der Waals surface area (Å²) in [4.78, 5) is 16.6. The Morgan fingerprint density at radius 2 is 1.75 bits per heavy atom. The Bertz CT molecular complexity index is 751. The molecule has 136 valence electrons. The zero-order chi connectivity index (χ0) is 18.7. The number of hydrogen-bond acceptors (Lipinski definition) is 3. The number of nitrogens with one attached hydrogen (secondary N) is 2. The van der Waals surface area contributed by atoms with Gasteiger partial charge in [0, 0.05) is 31.9 Å². The molecule has 2 rings (SSSR count). The fourth-order valence-corrected chi connectivity index (χ4v) is 1.70. The number of halogens is 6. The molecule has 0 aromatic carbocycles. The molecule has 0 fully saturated rings. The third-order valence-corrected chi connectivity index (χ3v) is 2.32. The third kappa shape index (κ3) is 8.75. The third-order valence-electron chi connectivity index (χ3n) is 2.32. The number of rotatable bonds is 3. The summed E-state index contributed by atoms with van der Waals surface area (Å²) >= 11 is -11.2. The first-order valence-electron chi connectivity index (χ1n) is 6.41. The van der Waals surface area contributed by atoms with E-state index in [0.29, 0.717) is 0 Å². The van der Waals surface area contributed by atoms with Gasteiger partial charge in [0.2, 0.25) is 0 Å². The average Bonchev–Trinajstić information content (AvgIpc) is 2.81. The van der Waals surface area contributed by atoms with E-state index >= 15 is 0 Å². The average molecular weight is 466 g/mol. The van der Waals surface area contributed by atoms with Gasteiger partial charge >= 0.3 is 36.4 Å². The van der Waals surface area contributed by atoms with E-state index in [4.69, 9.17) is 0 Å². The van der Waals surface area contributed by atoms with E-state index in [1.165, 1.54) is 0 Å². The maximum atomic E-state index is 9.93. The van der Waals surface area contributed by atoms with Crippen LogP contribution in [0.25, 0.3) is 16.6 Å². The summed E-state index contributed by atoms with van der Waals surface area (Å²) in [7, 11) is 5.84. The van der Waals surface area contributed by atoms with Crippen LogP contribution in [0, 0.1) is 0 Å². The maximum absolute atomic E-state index is 11.2. The molecular weight excluding hydrogens is 450 g/mol. The van der Waals surface area contributed by atoms with E-state index in [9.17, 15) is 16.9 Å². The van der Waals surface area contributed by atoms with Crippen molar-refractivity contribution in [3.8, 4) is 0 Å². The molecule has 0 atom stereocenters.